The summed E-state index contributed by atoms with van der Waals surface area (Å²) in [5.41, 5.74) is 5.66. The normalized spacial score (nSPS) is 11.8. The molecule has 1 atom stereocenters. The van der Waals surface area contributed by atoms with E-state index in [2.05, 4.69) is 15.5 Å². The van der Waals surface area contributed by atoms with Crippen LogP contribution < -0.4 is 11.1 Å². The van der Waals surface area contributed by atoms with Crippen LogP contribution in [0.5, 0.6) is 0 Å². The van der Waals surface area contributed by atoms with Gasteiger partial charge in [-0.1, -0.05) is 18.2 Å². The Hall–Kier alpha value is -2.74. The third kappa shape index (κ3) is 3.18. The van der Waals surface area contributed by atoms with Gasteiger partial charge in [-0.3, -0.25) is 9.59 Å². The molecule has 1 unspecified atom stereocenters. The average molecular weight is 275 g/mol. The number of hydrogen-bond donors (Lipinski definition) is 3. The molecule has 0 aliphatic rings. The van der Waals surface area contributed by atoms with Gasteiger partial charge in [0.15, 0.2) is 5.69 Å². The predicted molar refractivity (Wildman–Crippen MR) is 68.9 cm³/mol. The lowest BCUT2D eigenvalue weighted by molar-refractivity contribution is -0.125. The van der Waals surface area contributed by atoms with Crippen LogP contribution in [0.4, 0.5) is 0 Å². The third-order valence-corrected chi connectivity index (χ3v) is 2.50. The highest BCUT2D eigenvalue weighted by Gasteiger charge is 2.15. The zero-order valence-corrected chi connectivity index (χ0v) is 10.4. The van der Waals surface area contributed by atoms with Crippen molar-refractivity contribution in [2.75, 3.05) is 6.54 Å². The Bertz CT molecular complexity index is 611. The number of aliphatic hydroxyl groups is 1. The highest BCUT2D eigenvalue weighted by atomic mass is 16.3. The summed E-state index contributed by atoms with van der Waals surface area (Å²) in [4.78, 5) is 23.7. The van der Waals surface area contributed by atoms with Crippen LogP contribution in [-0.2, 0) is 4.79 Å². The van der Waals surface area contributed by atoms with Gasteiger partial charge < -0.3 is 16.2 Å². The van der Waals surface area contributed by atoms with E-state index in [4.69, 9.17) is 5.73 Å². The number of primary amides is 1. The number of aromatic nitrogens is 3. The van der Waals surface area contributed by atoms with E-state index in [9.17, 15) is 14.7 Å². The summed E-state index contributed by atoms with van der Waals surface area (Å²) in [5, 5.41) is 19.5. The van der Waals surface area contributed by atoms with Gasteiger partial charge in [0.25, 0.3) is 5.91 Å². The number of nitrogens with two attached hydrogens (primary N) is 1. The number of benzene rings is 1. The number of nitrogens with zero attached hydrogens (tertiary/aromatic N) is 3. The van der Waals surface area contributed by atoms with Crippen molar-refractivity contribution in [1.29, 1.82) is 0 Å². The van der Waals surface area contributed by atoms with Gasteiger partial charge in [0.05, 0.1) is 18.4 Å². The molecule has 0 saturated heterocycles. The maximum absolute atomic E-state index is 11.7. The van der Waals surface area contributed by atoms with Crippen molar-refractivity contribution in [3.63, 3.8) is 0 Å². The fourth-order valence-electron chi connectivity index (χ4n) is 1.43. The first-order chi connectivity index (χ1) is 9.58. The van der Waals surface area contributed by atoms with Crippen molar-refractivity contribution in [3.8, 4) is 5.69 Å². The van der Waals surface area contributed by atoms with E-state index < -0.39 is 17.9 Å². The molecule has 1 aromatic carbocycles. The number of para-hydroxylation sites is 1. The van der Waals surface area contributed by atoms with E-state index in [1.165, 1.54) is 11.0 Å². The molecule has 20 heavy (non-hydrogen) atoms. The van der Waals surface area contributed by atoms with Gasteiger partial charge in [-0.05, 0) is 12.1 Å². The maximum Gasteiger partial charge on any atom is 0.273 e. The van der Waals surface area contributed by atoms with Crippen molar-refractivity contribution in [2.24, 2.45) is 5.73 Å². The highest BCUT2D eigenvalue weighted by molar-refractivity contribution is 5.92. The van der Waals surface area contributed by atoms with E-state index in [0.717, 1.165) is 0 Å². The SMILES string of the molecule is NC(=O)C(O)CNC(=O)c1cnn(-c2ccccc2)n1. The standard InChI is InChI=1S/C12H13N5O3/c13-11(19)10(18)7-14-12(20)9-6-15-17(16-9)8-4-2-1-3-5-8/h1-6,10,18H,7H2,(H2,13,19)(H,14,20). The lowest BCUT2D eigenvalue weighted by Crippen LogP contribution is -2.40. The molecule has 0 bridgehead atoms. The fraction of sp³-hybridized carbons (Fsp3) is 0.167. The average Bonchev–Trinajstić information content (AvgIpc) is 2.95. The number of carbonyl (C=O) groups excluding carboxylic acids is 2. The number of rotatable bonds is 5. The van der Waals surface area contributed by atoms with Gasteiger partial charge in [0.1, 0.15) is 6.10 Å². The zero-order chi connectivity index (χ0) is 14.5. The second-order valence-electron chi connectivity index (χ2n) is 3.98. The van der Waals surface area contributed by atoms with Crippen molar-refractivity contribution < 1.29 is 14.7 Å². The van der Waals surface area contributed by atoms with Crippen molar-refractivity contribution in [3.05, 3.63) is 42.2 Å². The molecule has 4 N–H and O–H groups in total. The molecular weight excluding hydrogens is 262 g/mol. The van der Waals surface area contributed by atoms with Crippen LogP contribution in [0.3, 0.4) is 0 Å². The molecular formula is C12H13N5O3. The fourth-order valence-corrected chi connectivity index (χ4v) is 1.43. The van der Waals surface area contributed by atoms with Crippen LogP contribution in [0.25, 0.3) is 5.69 Å². The summed E-state index contributed by atoms with van der Waals surface area (Å²) in [5.74, 6) is -1.45. The van der Waals surface area contributed by atoms with Crippen LogP contribution in [0.1, 0.15) is 10.5 Å². The topological polar surface area (TPSA) is 123 Å². The Morgan fingerprint density at radius 2 is 2.05 bits per heavy atom. The van der Waals surface area contributed by atoms with Crippen LogP contribution in [0.2, 0.25) is 0 Å². The minimum atomic E-state index is -1.43. The number of nitrogens with one attached hydrogen (secondary N) is 1. The Balaban J connectivity index is 2.02. The van der Waals surface area contributed by atoms with Crippen molar-refractivity contribution in [1.82, 2.24) is 20.3 Å². The minimum absolute atomic E-state index is 0.0746. The lowest BCUT2D eigenvalue weighted by atomic mass is 10.3. The van der Waals surface area contributed by atoms with Gasteiger partial charge in [-0.25, -0.2) is 0 Å². The van der Waals surface area contributed by atoms with E-state index >= 15 is 0 Å². The largest absolute Gasteiger partial charge is 0.381 e. The smallest absolute Gasteiger partial charge is 0.273 e. The maximum atomic E-state index is 11.7. The summed E-state index contributed by atoms with van der Waals surface area (Å²) < 4.78 is 0. The molecule has 1 aromatic heterocycles. The van der Waals surface area contributed by atoms with Crippen LogP contribution in [0.15, 0.2) is 36.5 Å². The summed E-state index contributed by atoms with van der Waals surface area (Å²) in [6.07, 6.45) is -0.137. The molecule has 0 aliphatic heterocycles. The quantitative estimate of drug-likeness (QED) is 0.635. The van der Waals surface area contributed by atoms with E-state index in [1.807, 2.05) is 18.2 Å². The highest BCUT2D eigenvalue weighted by Crippen LogP contribution is 2.04. The molecule has 8 heteroatoms. The second-order valence-corrected chi connectivity index (χ2v) is 3.98. The minimum Gasteiger partial charge on any atom is -0.381 e. The molecule has 104 valence electrons. The molecule has 0 radical (unpaired) electrons. The molecule has 2 aromatic rings. The monoisotopic (exact) mass is 275 g/mol. The van der Waals surface area contributed by atoms with E-state index in [0.29, 0.717) is 5.69 Å². The van der Waals surface area contributed by atoms with Crippen molar-refractivity contribution >= 4 is 11.8 Å². The summed E-state index contributed by atoms with van der Waals surface area (Å²) >= 11 is 0. The first-order valence-corrected chi connectivity index (χ1v) is 5.81. The predicted octanol–water partition coefficient (Wildman–Crippen LogP) is -1.16. The van der Waals surface area contributed by atoms with Gasteiger partial charge in [0.2, 0.25) is 5.91 Å². The van der Waals surface area contributed by atoms with E-state index in [1.54, 1.807) is 12.1 Å². The summed E-state index contributed by atoms with van der Waals surface area (Å²) in [7, 11) is 0. The molecule has 0 saturated carbocycles. The van der Waals surface area contributed by atoms with Gasteiger partial charge in [-0.2, -0.15) is 9.90 Å². The van der Waals surface area contributed by atoms with Crippen molar-refractivity contribution in [2.45, 2.75) is 6.10 Å². The van der Waals surface area contributed by atoms with Crippen LogP contribution in [0, 0.1) is 0 Å². The molecule has 8 nitrogen and oxygen atoms in total. The molecule has 0 fully saturated rings. The molecule has 0 spiro atoms. The van der Waals surface area contributed by atoms with Gasteiger partial charge in [0, 0.05) is 0 Å². The number of aliphatic hydroxyl groups excluding tert-OH is 1. The Labute approximate surface area is 114 Å². The molecule has 1 heterocycles. The Kier molecular flexibility index (Phi) is 4.06. The molecule has 2 amide bonds. The number of amides is 2. The summed E-state index contributed by atoms with van der Waals surface area (Å²) in [6.45, 7) is -0.271. The summed E-state index contributed by atoms with van der Waals surface area (Å²) in [6, 6.07) is 9.08. The van der Waals surface area contributed by atoms with Crippen LogP contribution in [-0.4, -0.2) is 44.6 Å². The first-order valence-electron chi connectivity index (χ1n) is 5.81. The van der Waals surface area contributed by atoms with Gasteiger partial charge in [-0.15, -0.1) is 5.10 Å². The van der Waals surface area contributed by atoms with E-state index in [-0.39, 0.29) is 12.2 Å². The molecule has 0 aliphatic carbocycles. The number of hydrogen-bond acceptors (Lipinski definition) is 5. The second kappa shape index (κ2) is 5.93. The zero-order valence-electron chi connectivity index (χ0n) is 10.4. The van der Waals surface area contributed by atoms with Crippen LogP contribution >= 0.6 is 0 Å². The third-order valence-electron chi connectivity index (χ3n) is 2.50. The van der Waals surface area contributed by atoms with Gasteiger partial charge >= 0.3 is 0 Å². The first kappa shape index (κ1) is 13.7. The Morgan fingerprint density at radius 1 is 1.35 bits per heavy atom. The number of carbonyl (C=O) groups is 2. The lowest BCUT2D eigenvalue weighted by Gasteiger charge is -2.06. The Morgan fingerprint density at radius 3 is 2.70 bits per heavy atom. The molecule has 2 rings (SSSR count).